The van der Waals surface area contributed by atoms with Gasteiger partial charge in [0.25, 0.3) is 5.69 Å². The van der Waals surface area contributed by atoms with Gasteiger partial charge in [-0.2, -0.15) is 0 Å². The molecule has 0 radical (unpaired) electrons. The van der Waals surface area contributed by atoms with Crippen molar-refractivity contribution in [2.75, 3.05) is 5.32 Å². The number of anilines is 1. The molecular formula is C12H15BrN4O3. The summed E-state index contributed by atoms with van der Waals surface area (Å²) >= 11 is 3.27. The molecular weight excluding hydrogens is 328 g/mol. The minimum atomic E-state index is -0.487. The summed E-state index contributed by atoms with van der Waals surface area (Å²) in [6.45, 7) is 0. The molecule has 1 heterocycles. The van der Waals surface area contributed by atoms with Crippen LogP contribution in [0.15, 0.2) is 16.7 Å². The summed E-state index contributed by atoms with van der Waals surface area (Å²) in [5.41, 5.74) is 5.24. The van der Waals surface area contributed by atoms with Crippen molar-refractivity contribution in [3.8, 4) is 0 Å². The van der Waals surface area contributed by atoms with Gasteiger partial charge in [-0.3, -0.25) is 14.9 Å². The van der Waals surface area contributed by atoms with Gasteiger partial charge < -0.3 is 11.1 Å². The maximum absolute atomic E-state index is 11.1. The third-order valence-corrected chi connectivity index (χ3v) is 4.11. The Balaban J connectivity index is 1.98. The van der Waals surface area contributed by atoms with Crippen LogP contribution in [-0.2, 0) is 4.79 Å². The number of carbonyl (C=O) groups is 1. The van der Waals surface area contributed by atoms with E-state index in [0.717, 1.165) is 25.7 Å². The van der Waals surface area contributed by atoms with Crippen molar-refractivity contribution < 1.29 is 9.72 Å². The molecule has 1 saturated carbocycles. The van der Waals surface area contributed by atoms with E-state index < -0.39 is 4.92 Å². The summed E-state index contributed by atoms with van der Waals surface area (Å²) < 4.78 is 0.559. The summed E-state index contributed by atoms with van der Waals surface area (Å²) in [5.74, 6) is 0.303. The monoisotopic (exact) mass is 342 g/mol. The Hall–Kier alpha value is -1.70. The van der Waals surface area contributed by atoms with Crippen molar-refractivity contribution in [2.45, 2.75) is 31.7 Å². The van der Waals surface area contributed by atoms with Crippen molar-refractivity contribution in [1.29, 1.82) is 0 Å². The van der Waals surface area contributed by atoms with Gasteiger partial charge in [-0.25, -0.2) is 4.98 Å². The highest BCUT2D eigenvalue weighted by Gasteiger charge is 2.25. The number of nitrogens with one attached hydrogen (secondary N) is 1. The highest BCUT2D eigenvalue weighted by molar-refractivity contribution is 9.10. The van der Waals surface area contributed by atoms with E-state index in [2.05, 4.69) is 26.2 Å². The van der Waals surface area contributed by atoms with Crippen molar-refractivity contribution in [3.05, 3.63) is 26.9 Å². The molecule has 2 rings (SSSR count). The Morgan fingerprint density at radius 1 is 1.45 bits per heavy atom. The second kappa shape index (κ2) is 6.17. The van der Waals surface area contributed by atoms with Crippen LogP contribution in [0.4, 0.5) is 11.5 Å². The van der Waals surface area contributed by atoms with Gasteiger partial charge in [0, 0.05) is 18.0 Å². The highest BCUT2D eigenvalue weighted by Crippen LogP contribution is 2.29. The number of amides is 1. The van der Waals surface area contributed by atoms with Crippen molar-refractivity contribution >= 4 is 33.3 Å². The molecule has 3 N–H and O–H groups in total. The highest BCUT2D eigenvalue weighted by atomic mass is 79.9. The average molecular weight is 343 g/mol. The number of rotatable bonds is 4. The fourth-order valence-electron chi connectivity index (χ4n) is 2.35. The summed E-state index contributed by atoms with van der Waals surface area (Å²) in [6.07, 6.45) is 4.41. The van der Waals surface area contributed by atoms with E-state index >= 15 is 0 Å². The van der Waals surface area contributed by atoms with E-state index in [1.807, 2.05) is 0 Å². The summed E-state index contributed by atoms with van der Waals surface area (Å²) in [7, 11) is 0. The predicted molar refractivity (Wildman–Crippen MR) is 77.2 cm³/mol. The SMILES string of the molecule is NC(=O)C1CCC(Nc2ncc([N+](=O)[O-])cc2Br)CC1. The maximum atomic E-state index is 11.1. The molecule has 7 nitrogen and oxygen atoms in total. The number of nitro groups is 1. The molecule has 8 heteroatoms. The quantitative estimate of drug-likeness (QED) is 0.643. The lowest BCUT2D eigenvalue weighted by Gasteiger charge is -2.27. The van der Waals surface area contributed by atoms with E-state index in [0.29, 0.717) is 10.3 Å². The molecule has 0 unspecified atom stereocenters. The molecule has 0 aliphatic heterocycles. The molecule has 0 aromatic carbocycles. The minimum absolute atomic E-state index is 0.0405. The number of primary amides is 1. The molecule has 1 aromatic rings. The summed E-state index contributed by atoms with van der Waals surface area (Å²) in [6, 6.07) is 1.63. The molecule has 108 valence electrons. The minimum Gasteiger partial charge on any atom is -0.369 e. The number of aromatic nitrogens is 1. The van der Waals surface area contributed by atoms with Crippen LogP contribution in [0.5, 0.6) is 0 Å². The molecule has 1 aromatic heterocycles. The molecule has 1 aliphatic rings. The van der Waals surface area contributed by atoms with Gasteiger partial charge in [0.05, 0.1) is 9.40 Å². The van der Waals surface area contributed by atoms with Crippen LogP contribution in [0.2, 0.25) is 0 Å². The first-order valence-corrected chi connectivity index (χ1v) is 7.12. The lowest BCUT2D eigenvalue weighted by Crippen LogP contribution is -2.32. The smallest absolute Gasteiger partial charge is 0.288 e. The number of pyridine rings is 1. The topological polar surface area (TPSA) is 111 Å². The van der Waals surface area contributed by atoms with Crippen molar-refractivity contribution in [3.63, 3.8) is 0 Å². The van der Waals surface area contributed by atoms with Gasteiger partial charge in [0.2, 0.25) is 5.91 Å². The molecule has 0 bridgehead atoms. The van der Waals surface area contributed by atoms with Gasteiger partial charge in [0.1, 0.15) is 12.0 Å². The third kappa shape index (κ3) is 3.44. The lowest BCUT2D eigenvalue weighted by molar-refractivity contribution is -0.385. The fraction of sp³-hybridized carbons (Fsp3) is 0.500. The molecule has 0 atom stereocenters. The van der Waals surface area contributed by atoms with Gasteiger partial charge in [-0.05, 0) is 41.6 Å². The third-order valence-electron chi connectivity index (χ3n) is 3.51. The number of nitrogens with zero attached hydrogens (tertiary/aromatic N) is 2. The molecule has 1 fully saturated rings. The second-order valence-corrected chi connectivity index (χ2v) is 5.73. The van der Waals surface area contributed by atoms with Crippen molar-refractivity contribution in [2.24, 2.45) is 11.7 Å². The Bertz CT molecular complexity index is 529. The largest absolute Gasteiger partial charge is 0.369 e. The van der Waals surface area contributed by atoms with Crippen molar-refractivity contribution in [1.82, 2.24) is 4.98 Å². The number of hydrogen-bond acceptors (Lipinski definition) is 5. The van der Waals surface area contributed by atoms with E-state index in [4.69, 9.17) is 5.73 Å². The standard InChI is InChI=1S/C12H15BrN4O3/c13-10-5-9(17(19)20)6-15-12(10)16-8-3-1-7(2-4-8)11(14)18/h5-8H,1-4H2,(H2,14,18)(H,15,16). The zero-order valence-corrected chi connectivity index (χ0v) is 12.3. The number of halogens is 1. The second-order valence-electron chi connectivity index (χ2n) is 4.88. The summed E-state index contributed by atoms with van der Waals surface area (Å²) in [5, 5.41) is 13.9. The predicted octanol–water partition coefficient (Wildman–Crippen LogP) is 2.21. The van der Waals surface area contributed by atoms with Gasteiger partial charge in [-0.1, -0.05) is 0 Å². The number of hydrogen-bond donors (Lipinski definition) is 2. The first kappa shape index (κ1) is 14.7. The van der Waals surface area contributed by atoms with E-state index in [1.54, 1.807) is 0 Å². The first-order chi connectivity index (χ1) is 9.47. The zero-order valence-electron chi connectivity index (χ0n) is 10.7. The maximum Gasteiger partial charge on any atom is 0.288 e. The van der Waals surface area contributed by atoms with Crippen LogP contribution in [0.25, 0.3) is 0 Å². The van der Waals surface area contributed by atoms with Crippen LogP contribution in [0, 0.1) is 16.0 Å². The van der Waals surface area contributed by atoms with Crippen LogP contribution in [-0.4, -0.2) is 21.9 Å². The van der Waals surface area contributed by atoms with Gasteiger partial charge >= 0.3 is 0 Å². The zero-order chi connectivity index (χ0) is 14.7. The Morgan fingerprint density at radius 2 is 2.10 bits per heavy atom. The Labute approximate surface area is 124 Å². The van der Waals surface area contributed by atoms with E-state index in [9.17, 15) is 14.9 Å². The summed E-state index contributed by atoms with van der Waals surface area (Å²) in [4.78, 5) is 25.3. The average Bonchev–Trinajstić information content (AvgIpc) is 2.41. The first-order valence-electron chi connectivity index (χ1n) is 6.33. The lowest BCUT2D eigenvalue weighted by atomic mass is 9.85. The van der Waals surface area contributed by atoms with E-state index in [1.165, 1.54) is 12.3 Å². The molecule has 1 amide bonds. The molecule has 0 spiro atoms. The Morgan fingerprint density at radius 3 is 2.60 bits per heavy atom. The van der Waals surface area contributed by atoms with Crippen LogP contribution in [0.3, 0.4) is 0 Å². The fourth-order valence-corrected chi connectivity index (χ4v) is 2.80. The number of nitrogens with two attached hydrogens (primary N) is 1. The van der Waals surface area contributed by atoms with Crippen LogP contribution in [0.1, 0.15) is 25.7 Å². The normalized spacial score (nSPS) is 22.2. The molecule has 20 heavy (non-hydrogen) atoms. The number of carbonyl (C=O) groups excluding carboxylic acids is 1. The Kier molecular flexibility index (Phi) is 4.53. The molecule has 1 aliphatic carbocycles. The van der Waals surface area contributed by atoms with Gasteiger partial charge in [-0.15, -0.1) is 0 Å². The van der Waals surface area contributed by atoms with Crippen LogP contribution >= 0.6 is 15.9 Å². The van der Waals surface area contributed by atoms with E-state index in [-0.39, 0.29) is 23.6 Å². The van der Waals surface area contributed by atoms with Gasteiger partial charge in [0.15, 0.2) is 0 Å². The van der Waals surface area contributed by atoms with Crippen LogP contribution < -0.4 is 11.1 Å². The molecule has 0 saturated heterocycles.